The molecule has 0 radical (unpaired) electrons. The van der Waals surface area contributed by atoms with Gasteiger partial charge >= 0.3 is 0 Å². The molecule has 1 aliphatic carbocycles. The summed E-state index contributed by atoms with van der Waals surface area (Å²) in [6.45, 7) is 2.25. The number of aromatic amines is 1. The van der Waals surface area contributed by atoms with Gasteiger partial charge in [0.15, 0.2) is 5.16 Å². The molecule has 1 aliphatic rings. The smallest absolute Gasteiger partial charge is 0.260 e. The number of H-pyrrole nitrogens is 1. The van der Waals surface area contributed by atoms with E-state index in [2.05, 4.69) is 11.9 Å². The highest BCUT2D eigenvalue weighted by Crippen LogP contribution is 2.38. The Hall–Kier alpha value is -2.12. The molecule has 1 aromatic carbocycles. The number of fused-ring (bicyclic) bond motifs is 3. The molecule has 1 N–H and O–H groups in total. The predicted octanol–water partition coefficient (Wildman–Crippen LogP) is 4.03. The van der Waals surface area contributed by atoms with Gasteiger partial charge in [-0.15, -0.1) is 11.3 Å². The first-order valence-electron chi connectivity index (χ1n) is 9.41. The number of thiophene rings is 1. The normalized spacial score (nSPS) is 17.3. The van der Waals surface area contributed by atoms with Crippen molar-refractivity contribution < 1.29 is 4.79 Å². The average Bonchev–Trinajstić information content (AvgIpc) is 3.03. The first kappa shape index (κ1) is 19.2. The number of hydrogen-bond donors (Lipinski definition) is 1. The third kappa shape index (κ3) is 3.61. The highest BCUT2D eigenvalue weighted by Gasteiger charge is 2.27. The highest BCUT2D eigenvalue weighted by molar-refractivity contribution is 8.00. The van der Waals surface area contributed by atoms with Gasteiger partial charge in [-0.2, -0.15) is 0 Å². The van der Waals surface area contributed by atoms with Crippen molar-refractivity contribution in [1.29, 1.82) is 0 Å². The van der Waals surface area contributed by atoms with Crippen molar-refractivity contribution in [3.8, 4) is 0 Å². The number of aromatic nitrogens is 2. The molecule has 0 saturated carbocycles. The number of rotatable bonds is 4. The summed E-state index contributed by atoms with van der Waals surface area (Å²) < 4.78 is 0. The molecule has 0 bridgehead atoms. The third-order valence-corrected chi connectivity index (χ3v) is 7.41. The van der Waals surface area contributed by atoms with E-state index in [1.165, 1.54) is 22.2 Å². The summed E-state index contributed by atoms with van der Waals surface area (Å²) in [6.07, 6.45) is 3.08. The fraction of sp³-hybridized carbons (Fsp3) is 0.381. The molecule has 2 aromatic heterocycles. The topological polar surface area (TPSA) is 66.1 Å². The second kappa shape index (κ2) is 7.72. The number of nitrogens with zero attached hydrogens (tertiary/aromatic N) is 2. The summed E-state index contributed by atoms with van der Waals surface area (Å²) in [4.78, 5) is 36.9. The van der Waals surface area contributed by atoms with Crippen LogP contribution in [0.3, 0.4) is 0 Å². The van der Waals surface area contributed by atoms with E-state index in [0.29, 0.717) is 11.1 Å². The zero-order valence-electron chi connectivity index (χ0n) is 16.2. The van der Waals surface area contributed by atoms with Crippen molar-refractivity contribution in [1.82, 2.24) is 14.9 Å². The molecule has 0 aliphatic heterocycles. The first-order chi connectivity index (χ1) is 13.4. The maximum Gasteiger partial charge on any atom is 0.260 e. The van der Waals surface area contributed by atoms with Crippen LogP contribution in [-0.2, 0) is 17.6 Å². The van der Waals surface area contributed by atoms with Crippen LogP contribution in [0.25, 0.3) is 10.2 Å². The standard InChI is InChI=1S/C21H23N3O2S2/c1-12-9-10-14-15(11-12)27-19-16(14)18(25)22-21(23-19)28-17(20(26)24(2)3)13-7-5-4-6-8-13/h4-8,12,17H,9-11H2,1-3H3,(H,22,23,25)/t12-,17+/m1/s1. The van der Waals surface area contributed by atoms with E-state index in [4.69, 9.17) is 4.98 Å². The van der Waals surface area contributed by atoms with Gasteiger partial charge in [-0.3, -0.25) is 9.59 Å². The van der Waals surface area contributed by atoms with Crippen LogP contribution in [0.5, 0.6) is 0 Å². The van der Waals surface area contributed by atoms with E-state index in [0.717, 1.165) is 35.0 Å². The molecule has 28 heavy (non-hydrogen) atoms. The van der Waals surface area contributed by atoms with Gasteiger partial charge in [0.2, 0.25) is 5.91 Å². The Balaban J connectivity index is 1.74. The number of carbonyl (C=O) groups excluding carboxylic acids is 1. The lowest BCUT2D eigenvalue weighted by atomic mass is 9.89. The number of aryl methyl sites for hydroxylation is 1. The first-order valence-corrected chi connectivity index (χ1v) is 11.1. The number of nitrogens with one attached hydrogen (secondary N) is 1. The van der Waals surface area contributed by atoms with Crippen LogP contribution < -0.4 is 5.56 Å². The minimum absolute atomic E-state index is 0.0294. The van der Waals surface area contributed by atoms with Crippen molar-refractivity contribution in [2.75, 3.05) is 14.1 Å². The minimum Gasteiger partial charge on any atom is -0.348 e. The van der Waals surface area contributed by atoms with Crippen LogP contribution in [0.1, 0.15) is 34.6 Å². The van der Waals surface area contributed by atoms with E-state index < -0.39 is 5.25 Å². The van der Waals surface area contributed by atoms with Gasteiger partial charge in [0.05, 0.1) is 5.39 Å². The van der Waals surface area contributed by atoms with Crippen LogP contribution in [-0.4, -0.2) is 34.9 Å². The summed E-state index contributed by atoms with van der Waals surface area (Å²) in [5, 5.41) is 0.783. The van der Waals surface area contributed by atoms with Gasteiger partial charge in [-0.05, 0) is 36.3 Å². The summed E-state index contributed by atoms with van der Waals surface area (Å²) in [5.41, 5.74) is 1.98. The van der Waals surface area contributed by atoms with Gasteiger partial charge < -0.3 is 9.88 Å². The van der Waals surface area contributed by atoms with Crippen molar-refractivity contribution in [3.05, 3.63) is 56.7 Å². The number of thioether (sulfide) groups is 1. The SMILES string of the molecule is C[C@@H]1CCc2c(sc3nc(S[C@H](C(=O)N(C)C)c4ccccc4)[nH]c(=O)c23)C1. The van der Waals surface area contributed by atoms with Gasteiger partial charge in [0.1, 0.15) is 10.1 Å². The molecular weight excluding hydrogens is 390 g/mol. The lowest BCUT2D eigenvalue weighted by molar-refractivity contribution is -0.128. The van der Waals surface area contributed by atoms with Crippen molar-refractivity contribution in [2.45, 2.75) is 36.6 Å². The van der Waals surface area contributed by atoms with E-state index in [9.17, 15) is 9.59 Å². The molecule has 2 heterocycles. The van der Waals surface area contributed by atoms with Crippen LogP contribution in [0.15, 0.2) is 40.3 Å². The molecule has 0 saturated heterocycles. The molecule has 4 rings (SSSR count). The summed E-state index contributed by atoms with van der Waals surface area (Å²) >= 11 is 2.93. The third-order valence-electron chi connectivity index (χ3n) is 5.14. The fourth-order valence-electron chi connectivity index (χ4n) is 3.62. The van der Waals surface area contributed by atoms with Crippen LogP contribution >= 0.6 is 23.1 Å². The molecule has 0 spiro atoms. The van der Waals surface area contributed by atoms with E-state index in [-0.39, 0.29) is 11.5 Å². The number of hydrogen-bond acceptors (Lipinski definition) is 5. The maximum absolute atomic E-state index is 12.8. The van der Waals surface area contributed by atoms with Crippen LogP contribution in [0.2, 0.25) is 0 Å². The Kier molecular flexibility index (Phi) is 5.29. The molecule has 5 nitrogen and oxygen atoms in total. The number of carbonyl (C=O) groups is 1. The monoisotopic (exact) mass is 413 g/mol. The Morgan fingerprint density at radius 2 is 2.07 bits per heavy atom. The molecule has 3 aromatic rings. The number of likely N-dealkylation sites (N-methyl/N-ethyl adjacent to an activating group) is 1. The molecule has 1 amide bonds. The molecule has 146 valence electrons. The zero-order chi connectivity index (χ0) is 19.8. The van der Waals surface area contributed by atoms with Crippen molar-refractivity contribution in [2.24, 2.45) is 5.92 Å². The summed E-state index contributed by atoms with van der Waals surface area (Å²) in [5.74, 6) is 0.618. The predicted molar refractivity (Wildman–Crippen MR) is 115 cm³/mol. The second-order valence-corrected chi connectivity index (χ2v) is 9.72. The minimum atomic E-state index is -0.452. The second-order valence-electron chi connectivity index (χ2n) is 7.54. The Morgan fingerprint density at radius 3 is 2.79 bits per heavy atom. The molecule has 7 heteroatoms. The summed E-state index contributed by atoms with van der Waals surface area (Å²) in [6, 6.07) is 9.62. The molecule has 0 unspecified atom stereocenters. The van der Waals surface area contributed by atoms with Crippen molar-refractivity contribution >= 4 is 39.2 Å². The molecule has 2 atom stereocenters. The average molecular weight is 414 g/mol. The Bertz CT molecular complexity index is 1070. The lowest BCUT2D eigenvalue weighted by Gasteiger charge is -2.20. The molecular formula is C21H23N3O2S2. The lowest BCUT2D eigenvalue weighted by Crippen LogP contribution is -2.27. The van der Waals surface area contributed by atoms with Crippen LogP contribution in [0, 0.1) is 5.92 Å². The van der Waals surface area contributed by atoms with Gasteiger partial charge in [0, 0.05) is 19.0 Å². The van der Waals surface area contributed by atoms with Crippen molar-refractivity contribution in [3.63, 3.8) is 0 Å². The van der Waals surface area contributed by atoms with Gasteiger partial charge in [-0.1, -0.05) is 49.0 Å². The Morgan fingerprint density at radius 1 is 1.32 bits per heavy atom. The fourth-order valence-corrected chi connectivity index (χ4v) is 6.18. The molecule has 0 fully saturated rings. The maximum atomic E-state index is 12.8. The van der Waals surface area contributed by atoms with Crippen LogP contribution in [0.4, 0.5) is 0 Å². The van der Waals surface area contributed by atoms with E-state index in [1.54, 1.807) is 30.3 Å². The zero-order valence-corrected chi connectivity index (χ0v) is 17.8. The highest BCUT2D eigenvalue weighted by atomic mass is 32.2. The van der Waals surface area contributed by atoms with E-state index >= 15 is 0 Å². The number of benzene rings is 1. The van der Waals surface area contributed by atoms with Gasteiger partial charge in [0.25, 0.3) is 5.56 Å². The van der Waals surface area contributed by atoms with Gasteiger partial charge in [-0.25, -0.2) is 4.98 Å². The largest absolute Gasteiger partial charge is 0.348 e. The summed E-state index contributed by atoms with van der Waals surface area (Å²) in [7, 11) is 3.49. The number of amides is 1. The Labute approximate surface area is 172 Å². The quantitative estimate of drug-likeness (QED) is 0.518. The van der Waals surface area contributed by atoms with E-state index in [1.807, 2.05) is 30.3 Å².